The summed E-state index contributed by atoms with van der Waals surface area (Å²) in [5.41, 5.74) is 0. The highest BCUT2D eigenvalue weighted by atomic mass is 16.7. The Balaban J connectivity index is 2.84. The largest absolute Gasteiger partial charge is 0.454 e. The number of aliphatic hydroxyl groups is 5. The van der Waals surface area contributed by atoms with Crippen LogP contribution in [0.3, 0.4) is 0 Å². The first kappa shape index (κ1) is 66.6. The van der Waals surface area contributed by atoms with Gasteiger partial charge < -0.3 is 45.1 Å². The van der Waals surface area contributed by atoms with E-state index in [2.05, 4.69) is 44.3 Å². The van der Waals surface area contributed by atoms with Crippen LogP contribution in [0.5, 0.6) is 0 Å². The monoisotopic (exact) mass is 1020 g/mol. The van der Waals surface area contributed by atoms with Crippen molar-refractivity contribution >= 4 is 11.9 Å². The summed E-state index contributed by atoms with van der Waals surface area (Å²) in [6, 6.07) is -1.07. The standard InChI is InChI=1S/C62H97NO10/c1-4-7-10-13-16-19-22-25-27-28-29-32-35-38-41-44-47-50-57(67)73-60-59(69)58(68)56(51-64)72-62(60)71-52-53(54(65)48-45-42-39-36-33-30-24-21-18-15-12-9-6-3)63-61(70)55(66)49-46-43-40-37-34-31-26-23-20-17-14-11-8-5-2/h7-8,10-11,13-14,16-17,19-20,22-23,25-29,31-32,34-35,37,45,48,53-56,58-60,62,64-66,68-69H,4-6,9,12,15,18,21,24,30,33,36,38-44,46-47,49-52H2,1-3H3,(H,63,70)/b10-7-,11-8+,16-13+,17-14+,22-19+,23-20-,27-25-,29-28+,31-26-,35-32+,37-34+,48-45+. The number of allylic oxidation sites excluding steroid dienone is 23. The van der Waals surface area contributed by atoms with E-state index in [0.29, 0.717) is 12.8 Å². The van der Waals surface area contributed by atoms with E-state index in [1.807, 2.05) is 122 Å². The molecule has 1 aliphatic rings. The Labute approximate surface area is 441 Å². The van der Waals surface area contributed by atoms with E-state index in [0.717, 1.165) is 70.6 Å². The average Bonchev–Trinajstić information content (AvgIpc) is 3.39. The molecule has 0 spiro atoms. The number of hydrogen-bond acceptors (Lipinski definition) is 10. The predicted molar refractivity (Wildman–Crippen MR) is 300 cm³/mol. The molecule has 1 heterocycles. The van der Waals surface area contributed by atoms with Gasteiger partial charge in [-0.15, -0.1) is 0 Å². The molecule has 0 radical (unpaired) electrons. The lowest BCUT2D eigenvalue weighted by Gasteiger charge is -2.41. The maximum atomic E-state index is 13.4. The molecule has 410 valence electrons. The zero-order valence-electron chi connectivity index (χ0n) is 44.9. The van der Waals surface area contributed by atoms with Crippen molar-refractivity contribution in [2.45, 2.75) is 217 Å². The lowest BCUT2D eigenvalue weighted by Crippen LogP contribution is -2.61. The van der Waals surface area contributed by atoms with Crippen LogP contribution in [-0.2, 0) is 23.8 Å². The van der Waals surface area contributed by atoms with E-state index < -0.39 is 67.4 Å². The molecule has 0 aromatic rings. The summed E-state index contributed by atoms with van der Waals surface area (Å²) in [7, 11) is 0. The van der Waals surface area contributed by atoms with Crippen LogP contribution in [-0.4, -0.2) is 99.6 Å². The first-order chi connectivity index (χ1) is 35.7. The van der Waals surface area contributed by atoms with Crippen molar-refractivity contribution < 1.29 is 49.3 Å². The van der Waals surface area contributed by atoms with Crippen LogP contribution in [0.1, 0.15) is 168 Å². The van der Waals surface area contributed by atoms with Crippen LogP contribution < -0.4 is 5.32 Å². The molecule has 0 bridgehead atoms. The van der Waals surface area contributed by atoms with Crippen LogP contribution in [0, 0.1) is 0 Å². The molecule has 1 amide bonds. The highest BCUT2D eigenvalue weighted by Crippen LogP contribution is 2.26. The Morgan fingerprint density at radius 1 is 0.548 bits per heavy atom. The normalized spacial score (nSPS) is 20.6. The Kier molecular flexibility index (Phi) is 44.2. The van der Waals surface area contributed by atoms with Gasteiger partial charge in [0, 0.05) is 6.42 Å². The maximum absolute atomic E-state index is 13.4. The van der Waals surface area contributed by atoms with Crippen LogP contribution >= 0.6 is 0 Å². The van der Waals surface area contributed by atoms with E-state index in [-0.39, 0.29) is 19.4 Å². The number of hydrogen-bond donors (Lipinski definition) is 6. The number of nitrogens with one attached hydrogen (secondary N) is 1. The van der Waals surface area contributed by atoms with Gasteiger partial charge >= 0.3 is 5.97 Å². The quantitative estimate of drug-likeness (QED) is 0.0149. The van der Waals surface area contributed by atoms with Crippen LogP contribution in [0.25, 0.3) is 0 Å². The number of unbranched alkanes of at least 4 members (excludes halogenated alkanes) is 16. The fourth-order valence-electron chi connectivity index (χ4n) is 7.64. The van der Waals surface area contributed by atoms with Crippen LogP contribution in [0.4, 0.5) is 0 Å². The molecule has 6 N–H and O–H groups in total. The van der Waals surface area contributed by atoms with Crippen molar-refractivity contribution in [3.63, 3.8) is 0 Å². The molecule has 11 nitrogen and oxygen atoms in total. The minimum atomic E-state index is -1.65. The van der Waals surface area contributed by atoms with Gasteiger partial charge in [0.05, 0.1) is 25.4 Å². The first-order valence-electron chi connectivity index (χ1n) is 27.8. The summed E-state index contributed by atoms with van der Waals surface area (Å²) >= 11 is 0. The molecule has 8 atom stereocenters. The smallest absolute Gasteiger partial charge is 0.306 e. The lowest BCUT2D eigenvalue weighted by atomic mass is 9.99. The number of aliphatic hydroxyl groups excluding tert-OH is 5. The molecule has 1 fully saturated rings. The summed E-state index contributed by atoms with van der Waals surface area (Å²) in [4.78, 5) is 26.4. The van der Waals surface area contributed by atoms with Gasteiger partial charge in [0.15, 0.2) is 12.4 Å². The summed E-state index contributed by atoms with van der Waals surface area (Å²) in [5.74, 6) is -1.30. The molecule has 0 saturated carbocycles. The highest BCUT2D eigenvalue weighted by molar-refractivity contribution is 5.80. The molecule has 0 aromatic carbocycles. The third-order valence-electron chi connectivity index (χ3n) is 12.0. The Bertz CT molecular complexity index is 1730. The maximum Gasteiger partial charge on any atom is 0.306 e. The van der Waals surface area contributed by atoms with Crippen molar-refractivity contribution in [1.82, 2.24) is 5.32 Å². The molecule has 1 saturated heterocycles. The van der Waals surface area contributed by atoms with Gasteiger partial charge in [-0.25, -0.2) is 0 Å². The SMILES string of the molecule is CC\C=C/C=C/C=C/C=C\C=C\C=C\CCCCCC(=O)OC1C(OCC(NC(=O)C(O)CCCC/C=C/C=C\C=C/C=C/C=C/CC)C(O)/C=C/CCCCCCCCCCCCC)OC(CO)C(O)C1O. The second kappa shape index (κ2) is 48.5. The summed E-state index contributed by atoms with van der Waals surface area (Å²) in [5, 5.41) is 56.7. The van der Waals surface area contributed by atoms with Gasteiger partial charge in [-0.1, -0.05) is 244 Å². The minimum absolute atomic E-state index is 0.0568. The Morgan fingerprint density at radius 3 is 1.48 bits per heavy atom. The number of ether oxygens (including phenoxy) is 3. The molecule has 0 aromatic heterocycles. The number of esters is 1. The minimum Gasteiger partial charge on any atom is -0.454 e. The third kappa shape index (κ3) is 37.0. The van der Waals surface area contributed by atoms with Gasteiger partial charge in [-0.3, -0.25) is 9.59 Å². The zero-order chi connectivity index (χ0) is 53.3. The summed E-state index contributed by atoms with van der Waals surface area (Å²) in [6.45, 7) is 5.40. The summed E-state index contributed by atoms with van der Waals surface area (Å²) < 4.78 is 17.5. The topological polar surface area (TPSA) is 175 Å². The van der Waals surface area contributed by atoms with Crippen molar-refractivity contribution in [1.29, 1.82) is 0 Å². The van der Waals surface area contributed by atoms with Gasteiger partial charge in [-0.05, 0) is 64.2 Å². The van der Waals surface area contributed by atoms with Gasteiger partial charge in [0.25, 0.3) is 0 Å². The molecule has 1 rings (SSSR count). The lowest BCUT2D eigenvalue weighted by molar-refractivity contribution is -0.305. The molecular formula is C62H97NO10. The summed E-state index contributed by atoms with van der Waals surface area (Å²) in [6.07, 6.45) is 58.8. The second-order valence-electron chi connectivity index (χ2n) is 18.5. The fraction of sp³-hybridized carbons (Fsp3) is 0.581. The van der Waals surface area contributed by atoms with Crippen LogP contribution in [0.2, 0.25) is 0 Å². The van der Waals surface area contributed by atoms with E-state index in [1.54, 1.807) is 6.08 Å². The molecule has 73 heavy (non-hydrogen) atoms. The number of carbonyl (C=O) groups is 2. The van der Waals surface area contributed by atoms with Gasteiger partial charge in [-0.2, -0.15) is 0 Å². The number of carbonyl (C=O) groups excluding carboxylic acids is 2. The Morgan fingerprint density at radius 2 is 0.986 bits per heavy atom. The first-order valence-corrected chi connectivity index (χ1v) is 27.8. The van der Waals surface area contributed by atoms with Gasteiger partial charge in [0.1, 0.15) is 24.4 Å². The van der Waals surface area contributed by atoms with E-state index in [9.17, 15) is 35.1 Å². The number of amides is 1. The third-order valence-corrected chi connectivity index (χ3v) is 12.0. The van der Waals surface area contributed by atoms with E-state index in [1.165, 1.54) is 51.4 Å². The van der Waals surface area contributed by atoms with Crippen molar-refractivity contribution in [2.75, 3.05) is 13.2 Å². The van der Waals surface area contributed by atoms with Crippen molar-refractivity contribution in [3.8, 4) is 0 Å². The number of rotatable bonds is 43. The van der Waals surface area contributed by atoms with E-state index >= 15 is 0 Å². The second-order valence-corrected chi connectivity index (χ2v) is 18.5. The zero-order valence-corrected chi connectivity index (χ0v) is 44.9. The molecule has 8 unspecified atom stereocenters. The van der Waals surface area contributed by atoms with E-state index in [4.69, 9.17) is 14.2 Å². The van der Waals surface area contributed by atoms with Crippen molar-refractivity contribution in [3.05, 3.63) is 146 Å². The van der Waals surface area contributed by atoms with Crippen molar-refractivity contribution in [2.24, 2.45) is 0 Å². The molecule has 11 heteroatoms. The predicted octanol–water partition coefficient (Wildman–Crippen LogP) is 12.3. The molecule has 0 aliphatic carbocycles. The fourth-order valence-corrected chi connectivity index (χ4v) is 7.64. The van der Waals surface area contributed by atoms with Crippen LogP contribution in [0.15, 0.2) is 146 Å². The van der Waals surface area contributed by atoms with Gasteiger partial charge in [0.2, 0.25) is 5.91 Å². The highest BCUT2D eigenvalue weighted by Gasteiger charge is 2.47. The Hall–Kier alpha value is -4.46. The molecular weight excluding hydrogens is 919 g/mol. The molecule has 1 aliphatic heterocycles. The average molecular weight is 1020 g/mol.